The summed E-state index contributed by atoms with van der Waals surface area (Å²) in [6.45, 7) is 2.68. The van der Waals surface area contributed by atoms with Gasteiger partial charge in [-0.3, -0.25) is 14.5 Å². The molecule has 0 radical (unpaired) electrons. The van der Waals surface area contributed by atoms with Crippen molar-refractivity contribution in [2.45, 2.75) is 13.3 Å². The topological polar surface area (TPSA) is 67.9 Å². The third kappa shape index (κ3) is 6.74. The van der Waals surface area contributed by atoms with Gasteiger partial charge >= 0.3 is 0 Å². The van der Waals surface area contributed by atoms with Crippen LogP contribution in [-0.2, 0) is 16.0 Å². The molecule has 1 aliphatic rings. The molecule has 3 aromatic rings. The third-order valence-corrected chi connectivity index (χ3v) is 6.70. The first-order valence-electron chi connectivity index (χ1n) is 11.6. The van der Waals surface area contributed by atoms with E-state index in [0.29, 0.717) is 39.6 Å². The average Bonchev–Trinajstić information content (AvgIpc) is 3.15. The molecule has 0 aromatic heterocycles. The molecule has 3 aromatic carbocycles. The maximum atomic E-state index is 13.0. The van der Waals surface area contributed by atoms with Crippen molar-refractivity contribution < 1.29 is 19.1 Å². The maximum Gasteiger partial charge on any atom is 0.266 e. The van der Waals surface area contributed by atoms with Gasteiger partial charge < -0.3 is 14.8 Å². The average molecular weight is 519 g/mol. The Kier molecular flexibility index (Phi) is 8.76. The smallest absolute Gasteiger partial charge is 0.266 e. The van der Waals surface area contributed by atoms with E-state index in [0.717, 1.165) is 17.5 Å². The SMILES string of the molecule is CCOc1cc(/C=C2\SC(=S)N(CCc3ccccc3)C2=O)ccc1OCC(=O)Nc1ccccc1. The maximum absolute atomic E-state index is 13.0. The monoisotopic (exact) mass is 518 g/mol. The van der Waals surface area contributed by atoms with E-state index < -0.39 is 0 Å². The van der Waals surface area contributed by atoms with Crippen molar-refractivity contribution in [3.8, 4) is 11.5 Å². The number of amides is 2. The number of thioether (sulfide) groups is 1. The molecule has 0 aliphatic carbocycles. The van der Waals surface area contributed by atoms with Crippen molar-refractivity contribution in [3.05, 3.63) is 94.9 Å². The Hall–Kier alpha value is -3.62. The van der Waals surface area contributed by atoms with E-state index >= 15 is 0 Å². The van der Waals surface area contributed by atoms with Gasteiger partial charge in [0.15, 0.2) is 18.1 Å². The highest BCUT2D eigenvalue weighted by Crippen LogP contribution is 2.35. The van der Waals surface area contributed by atoms with Gasteiger partial charge in [0.2, 0.25) is 0 Å². The number of rotatable bonds is 10. The van der Waals surface area contributed by atoms with E-state index in [4.69, 9.17) is 21.7 Å². The number of nitrogens with one attached hydrogen (secondary N) is 1. The first kappa shape index (κ1) is 25.5. The highest BCUT2D eigenvalue weighted by molar-refractivity contribution is 8.26. The Balaban J connectivity index is 1.41. The Labute approximate surface area is 220 Å². The highest BCUT2D eigenvalue weighted by Gasteiger charge is 2.31. The predicted octanol–water partition coefficient (Wildman–Crippen LogP) is 5.55. The standard InChI is InChI=1S/C28H26N2O4S2/c1-2-33-24-17-21(13-14-23(24)34-19-26(31)29-22-11-7-4-8-12-22)18-25-27(32)30(28(35)36-25)16-15-20-9-5-3-6-10-20/h3-14,17-18H,2,15-16,19H2,1H3,(H,29,31)/b25-18-. The molecular formula is C28H26N2O4S2. The van der Waals surface area contributed by atoms with E-state index in [1.807, 2.05) is 73.7 Å². The number of thiocarbonyl (C=S) groups is 1. The third-order valence-electron chi connectivity index (χ3n) is 5.32. The minimum Gasteiger partial charge on any atom is -0.490 e. The lowest BCUT2D eigenvalue weighted by Crippen LogP contribution is -2.30. The molecule has 1 aliphatic heterocycles. The lowest BCUT2D eigenvalue weighted by molar-refractivity contribution is -0.122. The van der Waals surface area contributed by atoms with Crippen molar-refractivity contribution in [2.24, 2.45) is 0 Å². The van der Waals surface area contributed by atoms with Gasteiger partial charge in [0.25, 0.3) is 11.8 Å². The van der Waals surface area contributed by atoms with E-state index in [2.05, 4.69) is 5.32 Å². The van der Waals surface area contributed by atoms with Crippen LogP contribution >= 0.6 is 24.0 Å². The van der Waals surface area contributed by atoms with Crippen molar-refractivity contribution in [3.63, 3.8) is 0 Å². The Morgan fingerprint density at radius 2 is 1.72 bits per heavy atom. The Bertz CT molecular complexity index is 1260. The fourth-order valence-electron chi connectivity index (χ4n) is 3.59. The minimum absolute atomic E-state index is 0.100. The zero-order valence-electron chi connectivity index (χ0n) is 19.8. The van der Waals surface area contributed by atoms with Gasteiger partial charge in [-0.15, -0.1) is 0 Å². The molecule has 6 nitrogen and oxygen atoms in total. The number of anilines is 1. The molecule has 1 N–H and O–H groups in total. The lowest BCUT2D eigenvalue weighted by atomic mass is 10.1. The first-order valence-corrected chi connectivity index (χ1v) is 12.8. The number of carbonyl (C=O) groups is 2. The van der Waals surface area contributed by atoms with Crippen LogP contribution < -0.4 is 14.8 Å². The van der Waals surface area contributed by atoms with Crippen LogP contribution in [0.3, 0.4) is 0 Å². The molecule has 0 atom stereocenters. The molecule has 2 amide bonds. The zero-order valence-corrected chi connectivity index (χ0v) is 21.4. The molecule has 1 saturated heterocycles. The van der Waals surface area contributed by atoms with Crippen LogP contribution in [0, 0.1) is 0 Å². The molecule has 0 spiro atoms. The minimum atomic E-state index is -0.271. The highest BCUT2D eigenvalue weighted by atomic mass is 32.2. The fraction of sp³-hybridized carbons (Fsp3) is 0.179. The van der Waals surface area contributed by atoms with Gasteiger partial charge in [-0.1, -0.05) is 78.6 Å². The molecule has 0 bridgehead atoms. The number of nitrogens with zero attached hydrogens (tertiary/aromatic N) is 1. The summed E-state index contributed by atoms with van der Waals surface area (Å²) in [5, 5.41) is 2.79. The van der Waals surface area contributed by atoms with Gasteiger partial charge in [-0.25, -0.2) is 0 Å². The summed E-state index contributed by atoms with van der Waals surface area (Å²) >= 11 is 6.76. The van der Waals surface area contributed by atoms with Gasteiger partial charge in [0.05, 0.1) is 11.5 Å². The van der Waals surface area contributed by atoms with Gasteiger partial charge in [0.1, 0.15) is 4.32 Å². The van der Waals surface area contributed by atoms with Crippen LogP contribution in [0.2, 0.25) is 0 Å². The summed E-state index contributed by atoms with van der Waals surface area (Å²) < 4.78 is 12.0. The Morgan fingerprint density at radius 3 is 2.44 bits per heavy atom. The van der Waals surface area contributed by atoms with Crippen LogP contribution in [0.25, 0.3) is 6.08 Å². The summed E-state index contributed by atoms with van der Waals surface area (Å²) in [6.07, 6.45) is 2.54. The number of hydrogen-bond acceptors (Lipinski definition) is 6. The summed E-state index contributed by atoms with van der Waals surface area (Å²) in [7, 11) is 0. The number of benzene rings is 3. The summed E-state index contributed by atoms with van der Waals surface area (Å²) in [5.41, 5.74) is 2.64. The quantitative estimate of drug-likeness (QED) is 0.281. The molecule has 1 fully saturated rings. The van der Waals surface area contributed by atoms with Crippen LogP contribution in [0.5, 0.6) is 11.5 Å². The molecular weight excluding hydrogens is 492 g/mol. The number of ether oxygens (including phenoxy) is 2. The molecule has 8 heteroatoms. The number of hydrogen-bond donors (Lipinski definition) is 1. The van der Waals surface area contributed by atoms with Crippen molar-refractivity contribution in [2.75, 3.05) is 25.1 Å². The van der Waals surface area contributed by atoms with E-state index in [9.17, 15) is 9.59 Å². The second-order valence-electron chi connectivity index (χ2n) is 7.91. The second kappa shape index (κ2) is 12.4. The van der Waals surface area contributed by atoms with E-state index in [-0.39, 0.29) is 18.4 Å². The van der Waals surface area contributed by atoms with Gasteiger partial charge in [0, 0.05) is 12.2 Å². The molecule has 184 valence electrons. The number of carbonyl (C=O) groups excluding carboxylic acids is 2. The van der Waals surface area contributed by atoms with Gasteiger partial charge in [-0.05, 0) is 54.8 Å². The lowest BCUT2D eigenvalue weighted by Gasteiger charge is -2.14. The first-order chi connectivity index (χ1) is 17.5. The van der Waals surface area contributed by atoms with Crippen LogP contribution in [-0.4, -0.2) is 40.8 Å². The van der Waals surface area contributed by atoms with Crippen LogP contribution in [0.15, 0.2) is 83.8 Å². The molecule has 4 rings (SSSR count). The van der Waals surface area contributed by atoms with E-state index in [1.165, 1.54) is 11.8 Å². The molecule has 0 saturated carbocycles. The normalized spacial score (nSPS) is 14.2. The summed E-state index contributed by atoms with van der Waals surface area (Å²) in [4.78, 5) is 27.5. The van der Waals surface area contributed by atoms with Gasteiger partial charge in [-0.2, -0.15) is 0 Å². The van der Waals surface area contributed by atoms with E-state index in [1.54, 1.807) is 23.1 Å². The molecule has 36 heavy (non-hydrogen) atoms. The van der Waals surface area contributed by atoms with Crippen molar-refractivity contribution in [1.29, 1.82) is 0 Å². The van der Waals surface area contributed by atoms with Crippen molar-refractivity contribution in [1.82, 2.24) is 4.90 Å². The van der Waals surface area contributed by atoms with Crippen LogP contribution in [0.1, 0.15) is 18.1 Å². The molecule has 1 heterocycles. The summed E-state index contributed by atoms with van der Waals surface area (Å²) in [5.74, 6) is 0.578. The Morgan fingerprint density at radius 1 is 1.00 bits per heavy atom. The molecule has 0 unspecified atom stereocenters. The van der Waals surface area contributed by atoms with Crippen molar-refractivity contribution >= 4 is 51.9 Å². The summed E-state index contributed by atoms with van der Waals surface area (Å²) in [6, 6.07) is 24.6. The number of para-hydroxylation sites is 1. The largest absolute Gasteiger partial charge is 0.490 e. The predicted molar refractivity (Wildman–Crippen MR) is 148 cm³/mol. The second-order valence-corrected chi connectivity index (χ2v) is 9.59. The van der Waals surface area contributed by atoms with Crippen LogP contribution in [0.4, 0.5) is 5.69 Å². The fourth-order valence-corrected chi connectivity index (χ4v) is 4.90. The zero-order chi connectivity index (χ0) is 25.3.